The normalized spacial score (nSPS) is 10.4. The van der Waals surface area contributed by atoms with Crippen LogP contribution in [0.4, 0.5) is 8.78 Å². The molecule has 2 aromatic carbocycles. The smallest absolute Gasteiger partial charge is 0.196 e. The Balaban J connectivity index is 2.48. The predicted octanol–water partition coefficient (Wildman–Crippen LogP) is 4.72. The van der Waals surface area contributed by atoms with Crippen molar-refractivity contribution in [1.82, 2.24) is 0 Å². The minimum atomic E-state index is -0.647. The van der Waals surface area contributed by atoms with Gasteiger partial charge in [0.05, 0.1) is 14.5 Å². The van der Waals surface area contributed by atoms with Gasteiger partial charge in [0, 0.05) is 5.56 Å². The van der Waals surface area contributed by atoms with E-state index < -0.39 is 17.4 Å². The second-order valence-electron chi connectivity index (χ2n) is 3.56. The zero-order valence-electron chi connectivity index (χ0n) is 8.88. The summed E-state index contributed by atoms with van der Waals surface area (Å²) in [6, 6.07) is 8.34. The summed E-state index contributed by atoms with van der Waals surface area (Å²) in [4.78, 5) is 12.0. The van der Waals surface area contributed by atoms with Crippen molar-refractivity contribution in [2.45, 2.75) is 0 Å². The molecule has 2 aromatic rings. The summed E-state index contributed by atoms with van der Waals surface area (Å²) in [7, 11) is 0. The largest absolute Gasteiger partial charge is 0.288 e. The fourth-order valence-electron chi connectivity index (χ4n) is 1.47. The number of benzene rings is 2. The Morgan fingerprint density at radius 1 is 1.00 bits per heavy atom. The highest BCUT2D eigenvalue weighted by Crippen LogP contribution is 2.23. The second-order valence-corrected chi connectivity index (χ2v) is 5.27. The van der Waals surface area contributed by atoms with E-state index in [-0.39, 0.29) is 20.1 Å². The minimum absolute atomic E-state index is 0.0916. The third kappa shape index (κ3) is 2.52. The summed E-state index contributed by atoms with van der Waals surface area (Å²) >= 11 is 6.00. The molecule has 0 unspecified atom stereocenters. The molecule has 0 saturated carbocycles. The summed E-state index contributed by atoms with van der Waals surface area (Å²) in [6.07, 6.45) is 0. The molecule has 0 aliphatic carbocycles. The Kier molecular flexibility index (Phi) is 3.92. The number of halogens is 4. The van der Waals surface area contributed by atoms with Crippen molar-refractivity contribution < 1.29 is 13.6 Å². The summed E-state index contributed by atoms with van der Waals surface area (Å²) in [5, 5.41) is 0. The molecule has 0 aromatic heterocycles. The first kappa shape index (κ1) is 13.4. The predicted molar refractivity (Wildman–Crippen MR) is 71.6 cm³/mol. The maximum absolute atomic E-state index is 13.7. The van der Waals surface area contributed by atoms with Crippen molar-refractivity contribution in [2.75, 3.05) is 0 Å². The molecule has 0 atom stereocenters. The monoisotopic (exact) mass is 374 g/mol. The standard InChI is InChI=1S/C13H6Br2F2O/c14-9-5-4-7(6-11(9)16)13(18)8-2-1-3-10(15)12(8)17/h1-6H. The first-order valence-corrected chi connectivity index (χ1v) is 6.53. The molecule has 1 nitrogen and oxygen atoms in total. The van der Waals surface area contributed by atoms with Crippen LogP contribution in [0.25, 0.3) is 0 Å². The molecular formula is C13H6Br2F2O. The Hall–Kier alpha value is -1.07. The maximum Gasteiger partial charge on any atom is 0.196 e. The lowest BCUT2D eigenvalue weighted by Crippen LogP contribution is -2.05. The highest BCUT2D eigenvalue weighted by atomic mass is 79.9. The van der Waals surface area contributed by atoms with E-state index in [1.54, 1.807) is 6.07 Å². The SMILES string of the molecule is O=C(c1ccc(Br)c(F)c1)c1cccc(Br)c1F. The van der Waals surface area contributed by atoms with Gasteiger partial charge < -0.3 is 0 Å². The summed E-state index contributed by atoms with van der Waals surface area (Å²) in [5.41, 5.74) is 0.0128. The fourth-order valence-corrected chi connectivity index (χ4v) is 2.08. The Morgan fingerprint density at radius 3 is 2.39 bits per heavy atom. The molecule has 92 valence electrons. The summed E-state index contributed by atoms with van der Waals surface area (Å²) in [5.74, 6) is -1.76. The zero-order chi connectivity index (χ0) is 13.3. The van der Waals surface area contributed by atoms with Gasteiger partial charge in [-0.1, -0.05) is 6.07 Å². The van der Waals surface area contributed by atoms with E-state index in [2.05, 4.69) is 31.9 Å². The van der Waals surface area contributed by atoms with Crippen molar-refractivity contribution in [2.24, 2.45) is 0 Å². The molecule has 0 radical (unpaired) electrons. The highest BCUT2D eigenvalue weighted by molar-refractivity contribution is 9.10. The van der Waals surface area contributed by atoms with Crippen molar-refractivity contribution in [1.29, 1.82) is 0 Å². The van der Waals surface area contributed by atoms with Crippen molar-refractivity contribution in [3.8, 4) is 0 Å². The van der Waals surface area contributed by atoms with Crippen molar-refractivity contribution in [3.63, 3.8) is 0 Å². The van der Waals surface area contributed by atoms with E-state index in [0.29, 0.717) is 0 Å². The van der Waals surface area contributed by atoms with Crippen LogP contribution in [0.15, 0.2) is 45.3 Å². The van der Waals surface area contributed by atoms with Gasteiger partial charge in [-0.05, 0) is 62.2 Å². The third-order valence-corrected chi connectivity index (χ3v) is 3.63. The Labute approximate surface area is 119 Å². The lowest BCUT2D eigenvalue weighted by molar-refractivity contribution is 0.103. The Morgan fingerprint density at radius 2 is 1.72 bits per heavy atom. The lowest BCUT2D eigenvalue weighted by Gasteiger charge is -2.05. The molecule has 0 aliphatic heterocycles. The van der Waals surface area contributed by atoms with Crippen LogP contribution in [0, 0.1) is 11.6 Å². The number of rotatable bonds is 2. The third-order valence-electron chi connectivity index (χ3n) is 2.38. The molecule has 0 spiro atoms. The van der Waals surface area contributed by atoms with Crippen LogP contribution in [-0.2, 0) is 0 Å². The number of hydrogen-bond acceptors (Lipinski definition) is 1. The number of carbonyl (C=O) groups is 1. The molecule has 0 N–H and O–H groups in total. The first-order chi connectivity index (χ1) is 8.50. The molecular weight excluding hydrogens is 370 g/mol. The molecule has 5 heteroatoms. The van der Waals surface area contributed by atoms with Crippen LogP contribution < -0.4 is 0 Å². The van der Waals surface area contributed by atoms with Gasteiger partial charge in [-0.2, -0.15) is 0 Å². The molecule has 2 rings (SSSR count). The van der Waals surface area contributed by atoms with Crippen LogP contribution in [0.2, 0.25) is 0 Å². The van der Waals surface area contributed by atoms with Crippen molar-refractivity contribution >= 4 is 37.6 Å². The fraction of sp³-hybridized carbons (Fsp3) is 0. The van der Waals surface area contributed by atoms with Crippen LogP contribution in [0.3, 0.4) is 0 Å². The van der Waals surface area contributed by atoms with Gasteiger partial charge in [0.2, 0.25) is 0 Å². The molecule has 0 bridgehead atoms. The molecule has 0 saturated heterocycles. The highest BCUT2D eigenvalue weighted by Gasteiger charge is 2.16. The van der Waals surface area contributed by atoms with E-state index in [4.69, 9.17) is 0 Å². The molecule has 0 heterocycles. The molecule has 0 fully saturated rings. The number of hydrogen-bond donors (Lipinski definition) is 0. The summed E-state index contributed by atoms with van der Waals surface area (Å²) < 4.78 is 27.5. The molecule has 0 amide bonds. The minimum Gasteiger partial charge on any atom is -0.288 e. The second kappa shape index (κ2) is 5.28. The average molecular weight is 376 g/mol. The van der Waals surface area contributed by atoms with E-state index in [1.807, 2.05) is 0 Å². The Bertz CT molecular complexity index is 626. The zero-order valence-corrected chi connectivity index (χ0v) is 12.1. The topological polar surface area (TPSA) is 17.1 Å². The number of ketones is 1. The van der Waals surface area contributed by atoms with Crippen LogP contribution in [0.5, 0.6) is 0 Å². The van der Waals surface area contributed by atoms with E-state index in [0.717, 1.165) is 6.07 Å². The average Bonchev–Trinajstić information content (AvgIpc) is 2.35. The van der Waals surface area contributed by atoms with Gasteiger partial charge in [0.15, 0.2) is 5.78 Å². The van der Waals surface area contributed by atoms with E-state index >= 15 is 0 Å². The lowest BCUT2D eigenvalue weighted by atomic mass is 10.0. The van der Waals surface area contributed by atoms with Gasteiger partial charge in [0.25, 0.3) is 0 Å². The van der Waals surface area contributed by atoms with Crippen LogP contribution in [0.1, 0.15) is 15.9 Å². The molecule has 18 heavy (non-hydrogen) atoms. The van der Waals surface area contributed by atoms with Crippen LogP contribution >= 0.6 is 31.9 Å². The summed E-state index contributed by atoms with van der Waals surface area (Å²) in [6.45, 7) is 0. The van der Waals surface area contributed by atoms with Gasteiger partial charge in [-0.25, -0.2) is 8.78 Å². The van der Waals surface area contributed by atoms with Gasteiger partial charge in [-0.3, -0.25) is 4.79 Å². The maximum atomic E-state index is 13.7. The van der Waals surface area contributed by atoms with E-state index in [9.17, 15) is 13.6 Å². The van der Waals surface area contributed by atoms with Gasteiger partial charge >= 0.3 is 0 Å². The molecule has 0 aliphatic rings. The van der Waals surface area contributed by atoms with E-state index in [1.165, 1.54) is 24.3 Å². The first-order valence-electron chi connectivity index (χ1n) is 4.94. The van der Waals surface area contributed by atoms with Crippen LogP contribution in [-0.4, -0.2) is 5.78 Å². The van der Waals surface area contributed by atoms with Gasteiger partial charge in [0.1, 0.15) is 11.6 Å². The van der Waals surface area contributed by atoms with Gasteiger partial charge in [-0.15, -0.1) is 0 Å². The number of carbonyl (C=O) groups excluding carboxylic acids is 1. The quantitative estimate of drug-likeness (QED) is 0.694. The van der Waals surface area contributed by atoms with Crippen molar-refractivity contribution in [3.05, 3.63) is 68.1 Å².